The molecule has 3 heteroatoms. The molecule has 0 bridgehead atoms. The molecule has 2 nitrogen and oxygen atoms in total. The van der Waals surface area contributed by atoms with Crippen LogP contribution in [0.3, 0.4) is 0 Å². The minimum absolute atomic E-state index is 0.0269. The van der Waals surface area contributed by atoms with Gasteiger partial charge < -0.3 is 5.32 Å². The lowest BCUT2D eigenvalue weighted by atomic mass is 9.87. The highest BCUT2D eigenvalue weighted by Crippen LogP contribution is 2.24. The molecule has 1 aromatic rings. The lowest BCUT2D eigenvalue weighted by molar-refractivity contribution is 0.0929. The number of benzene rings is 1. The number of rotatable bonds is 2. The van der Waals surface area contributed by atoms with Gasteiger partial charge in [-0.1, -0.05) is 24.6 Å². The molecule has 15 heavy (non-hydrogen) atoms. The Kier molecular flexibility index (Phi) is 3.08. The van der Waals surface area contributed by atoms with Crippen LogP contribution in [0.1, 0.15) is 29.3 Å². The largest absolute Gasteiger partial charge is 0.307 e. The summed E-state index contributed by atoms with van der Waals surface area (Å²) in [5.41, 5.74) is 1.92. The van der Waals surface area contributed by atoms with Crippen LogP contribution in [-0.4, -0.2) is 18.4 Å². The van der Waals surface area contributed by atoms with Crippen LogP contribution in [0, 0.1) is 0 Å². The molecule has 0 amide bonds. The van der Waals surface area contributed by atoms with Gasteiger partial charge in [0.05, 0.1) is 6.04 Å². The van der Waals surface area contributed by atoms with Gasteiger partial charge in [-0.25, -0.2) is 0 Å². The summed E-state index contributed by atoms with van der Waals surface area (Å²) in [5.74, 6) is 0.181. The van der Waals surface area contributed by atoms with E-state index in [4.69, 9.17) is 11.6 Å². The molecule has 0 aliphatic heterocycles. The summed E-state index contributed by atoms with van der Waals surface area (Å²) in [6, 6.07) is 5.56. The van der Waals surface area contributed by atoms with Gasteiger partial charge in [0.1, 0.15) is 0 Å². The van der Waals surface area contributed by atoms with Gasteiger partial charge in [-0.05, 0) is 37.1 Å². The Bertz CT molecular complexity index is 389. The van der Waals surface area contributed by atoms with Gasteiger partial charge in [0.25, 0.3) is 0 Å². The number of ketones is 1. The van der Waals surface area contributed by atoms with Gasteiger partial charge >= 0.3 is 0 Å². The van der Waals surface area contributed by atoms with Crippen molar-refractivity contribution in [3.8, 4) is 0 Å². The fourth-order valence-electron chi connectivity index (χ4n) is 2.06. The number of carbonyl (C=O) groups is 1. The maximum absolute atomic E-state index is 12.0. The summed E-state index contributed by atoms with van der Waals surface area (Å²) in [4.78, 5) is 12.0. The number of aryl methyl sites for hydroxylation is 1. The first-order valence-electron chi connectivity index (χ1n) is 5.28. The Hall–Kier alpha value is -0.860. The zero-order valence-electron chi connectivity index (χ0n) is 8.72. The molecule has 0 aromatic heterocycles. The smallest absolute Gasteiger partial charge is 0.180 e. The van der Waals surface area contributed by atoms with Crippen molar-refractivity contribution in [2.24, 2.45) is 0 Å². The van der Waals surface area contributed by atoms with Gasteiger partial charge in [-0.15, -0.1) is 0 Å². The highest BCUT2D eigenvalue weighted by atomic mass is 35.5. The number of likely N-dealkylation sites (N-methyl/N-ethyl adjacent to an activating group) is 1. The minimum atomic E-state index is -0.0269. The zero-order valence-corrected chi connectivity index (χ0v) is 9.47. The van der Waals surface area contributed by atoms with Crippen LogP contribution in [0.4, 0.5) is 0 Å². The van der Waals surface area contributed by atoms with Crippen LogP contribution >= 0.6 is 11.6 Å². The number of halogens is 1. The average molecular weight is 224 g/mol. The number of Topliss-reactive ketones (excluding diaryl/α,β-unsaturated/α-hetero) is 1. The van der Waals surface area contributed by atoms with Crippen LogP contribution in [0.25, 0.3) is 0 Å². The van der Waals surface area contributed by atoms with Gasteiger partial charge in [0.15, 0.2) is 5.78 Å². The summed E-state index contributed by atoms with van der Waals surface area (Å²) in [7, 11) is 0. The standard InChI is InChI=1S/C12H14ClNO/c1-2-14-11-6-4-8-3-5-9(13)7-10(8)12(11)15/h3,5,7,11,14H,2,4,6H2,1H3. The second-order valence-corrected chi connectivity index (χ2v) is 4.25. The summed E-state index contributed by atoms with van der Waals surface area (Å²) in [6.45, 7) is 2.84. The zero-order chi connectivity index (χ0) is 10.8. The third-order valence-corrected chi connectivity index (χ3v) is 3.04. The first-order valence-corrected chi connectivity index (χ1v) is 5.66. The summed E-state index contributed by atoms with van der Waals surface area (Å²) in [6.07, 6.45) is 1.84. The quantitative estimate of drug-likeness (QED) is 0.835. The molecule has 80 valence electrons. The van der Waals surface area contributed by atoms with E-state index in [0.717, 1.165) is 30.5 Å². The van der Waals surface area contributed by atoms with Gasteiger partial charge in [-0.3, -0.25) is 4.79 Å². The van der Waals surface area contributed by atoms with Crippen LogP contribution < -0.4 is 5.32 Å². The average Bonchev–Trinajstić information content (AvgIpc) is 2.23. The minimum Gasteiger partial charge on any atom is -0.307 e. The van der Waals surface area contributed by atoms with Gasteiger partial charge in [0, 0.05) is 10.6 Å². The van der Waals surface area contributed by atoms with Crippen LogP contribution in [0.15, 0.2) is 18.2 Å². The van der Waals surface area contributed by atoms with E-state index in [9.17, 15) is 4.79 Å². The molecule has 0 heterocycles. The van der Waals surface area contributed by atoms with Crippen molar-refractivity contribution < 1.29 is 4.79 Å². The Morgan fingerprint density at radius 1 is 1.53 bits per heavy atom. The molecule has 1 aromatic carbocycles. The van der Waals surface area contributed by atoms with E-state index in [1.807, 2.05) is 19.1 Å². The first-order chi connectivity index (χ1) is 7.22. The molecule has 1 unspecified atom stereocenters. The molecule has 0 radical (unpaired) electrons. The normalized spacial score (nSPS) is 20.1. The highest BCUT2D eigenvalue weighted by molar-refractivity contribution is 6.31. The van der Waals surface area contributed by atoms with E-state index in [1.54, 1.807) is 6.07 Å². The second-order valence-electron chi connectivity index (χ2n) is 3.81. The van der Waals surface area contributed by atoms with Crippen molar-refractivity contribution in [3.63, 3.8) is 0 Å². The maximum atomic E-state index is 12.0. The fraction of sp³-hybridized carbons (Fsp3) is 0.417. The topological polar surface area (TPSA) is 29.1 Å². The summed E-state index contributed by atoms with van der Waals surface area (Å²) in [5, 5.41) is 3.84. The third kappa shape index (κ3) is 2.06. The Balaban J connectivity index is 2.32. The maximum Gasteiger partial charge on any atom is 0.180 e. The lowest BCUT2D eigenvalue weighted by Crippen LogP contribution is -2.40. The summed E-state index contributed by atoms with van der Waals surface area (Å²) >= 11 is 5.89. The molecule has 0 fully saturated rings. The van der Waals surface area contributed by atoms with E-state index in [0.29, 0.717) is 5.02 Å². The third-order valence-electron chi connectivity index (χ3n) is 2.81. The molecule has 2 rings (SSSR count). The van der Waals surface area contributed by atoms with Crippen molar-refractivity contribution in [2.45, 2.75) is 25.8 Å². The van der Waals surface area contributed by atoms with E-state index < -0.39 is 0 Å². The number of nitrogens with one attached hydrogen (secondary N) is 1. The SMILES string of the molecule is CCNC1CCc2ccc(Cl)cc2C1=O. The van der Waals surface area contributed by atoms with Crippen LogP contribution in [-0.2, 0) is 6.42 Å². The monoisotopic (exact) mass is 223 g/mol. The summed E-state index contributed by atoms with van der Waals surface area (Å²) < 4.78 is 0. The van der Waals surface area contributed by atoms with E-state index in [1.165, 1.54) is 0 Å². The molecule has 0 saturated carbocycles. The Morgan fingerprint density at radius 3 is 3.07 bits per heavy atom. The van der Waals surface area contributed by atoms with E-state index in [2.05, 4.69) is 5.32 Å². The molecular weight excluding hydrogens is 210 g/mol. The first kappa shape index (κ1) is 10.7. The van der Waals surface area contributed by atoms with Crippen molar-refractivity contribution in [2.75, 3.05) is 6.54 Å². The molecule has 1 N–H and O–H groups in total. The molecule has 1 aliphatic rings. The molecule has 0 saturated heterocycles. The van der Waals surface area contributed by atoms with Gasteiger partial charge in [-0.2, -0.15) is 0 Å². The van der Waals surface area contributed by atoms with E-state index in [-0.39, 0.29) is 11.8 Å². The Morgan fingerprint density at radius 2 is 2.33 bits per heavy atom. The van der Waals surface area contributed by atoms with Crippen molar-refractivity contribution >= 4 is 17.4 Å². The molecule has 0 spiro atoms. The predicted octanol–water partition coefficient (Wildman–Crippen LogP) is 2.45. The highest BCUT2D eigenvalue weighted by Gasteiger charge is 2.26. The number of fused-ring (bicyclic) bond motifs is 1. The lowest BCUT2D eigenvalue weighted by Gasteiger charge is -2.23. The molecule has 1 atom stereocenters. The van der Waals surface area contributed by atoms with Crippen molar-refractivity contribution in [1.82, 2.24) is 5.32 Å². The van der Waals surface area contributed by atoms with E-state index >= 15 is 0 Å². The fourth-order valence-corrected chi connectivity index (χ4v) is 2.23. The Labute approximate surface area is 94.6 Å². The predicted molar refractivity (Wildman–Crippen MR) is 61.6 cm³/mol. The van der Waals surface area contributed by atoms with Crippen molar-refractivity contribution in [3.05, 3.63) is 34.3 Å². The van der Waals surface area contributed by atoms with Crippen LogP contribution in [0.2, 0.25) is 5.02 Å². The number of hydrogen-bond donors (Lipinski definition) is 1. The second kappa shape index (κ2) is 4.33. The van der Waals surface area contributed by atoms with Gasteiger partial charge in [0.2, 0.25) is 0 Å². The molecule has 1 aliphatic carbocycles. The van der Waals surface area contributed by atoms with Crippen LogP contribution in [0.5, 0.6) is 0 Å². The van der Waals surface area contributed by atoms with Crippen molar-refractivity contribution in [1.29, 1.82) is 0 Å². The molecular formula is C12H14ClNO. The number of carbonyl (C=O) groups excluding carboxylic acids is 1. The number of hydrogen-bond acceptors (Lipinski definition) is 2.